The molecule has 7 nitrogen and oxygen atoms in total. The largest absolute Gasteiger partial charge is 0.300 e. The minimum absolute atomic E-state index is 0.189. The van der Waals surface area contributed by atoms with Crippen molar-refractivity contribution in [3.05, 3.63) is 0 Å². The topological polar surface area (TPSA) is 92.3 Å². The molecule has 0 saturated carbocycles. The summed E-state index contributed by atoms with van der Waals surface area (Å²) >= 11 is 2.93. The number of sulfonamides is 1. The number of aromatic nitrogens is 2. The molecule has 0 aromatic carbocycles. The quantitative estimate of drug-likeness (QED) is 0.631. The highest BCUT2D eigenvalue weighted by Gasteiger charge is 2.30. The first-order chi connectivity index (χ1) is 10.3. The average molecular weight is 365 g/mol. The van der Waals surface area contributed by atoms with Gasteiger partial charge in [0.05, 0.1) is 12.2 Å². The zero-order valence-electron chi connectivity index (χ0n) is 12.8. The van der Waals surface area contributed by atoms with Gasteiger partial charge in [-0.15, -0.1) is 10.2 Å². The average Bonchev–Trinajstić information content (AvgIpc) is 2.84. The second kappa shape index (κ2) is 7.24. The maximum atomic E-state index is 12.3. The third-order valence-corrected chi connectivity index (χ3v) is 6.39. The summed E-state index contributed by atoms with van der Waals surface area (Å²) in [6.45, 7) is 4.84. The first-order valence-corrected chi connectivity index (χ1v) is 10.6. The van der Waals surface area contributed by atoms with E-state index in [2.05, 4.69) is 29.4 Å². The Morgan fingerprint density at radius 3 is 2.82 bits per heavy atom. The van der Waals surface area contributed by atoms with Crippen molar-refractivity contribution in [3.8, 4) is 0 Å². The van der Waals surface area contributed by atoms with Crippen LogP contribution in [0.2, 0.25) is 0 Å². The van der Waals surface area contributed by atoms with Crippen molar-refractivity contribution in [2.45, 2.75) is 36.3 Å². The number of rotatable bonds is 5. The van der Waals surface area contributed by atoms with Crippen LogP contribution in [0, 0.1) is 5.92 Å². The van der Waals surface area contributed by atoms with E-state index in [1.807, 2.05) is 0 Å². The summed E-state index contributed by atoms with van der Waals surface area (Å²) < 4.78 is 25.4. The monoisotopic (exact) mass is 364 g/mol. The van der Waals surface area contributed by atoms with E-state index in [1.165, 1.54) is 21.9 Å². The molecule has 10 heteroatoms. The molecule has 1 fully saturated rings. The fourth-order valence-electron chi connectivity index (χ4n) is 2.17. The zero-order valence-corrected chi connectivity index (χ0v) is 15.2. The Bertz CT molecular complexity index is 629. The van der Waals surface area contributed by atoms with Crippen LogP contribution >= 0.6 is 23.1 Å². The maximum absolute atomic E-state index is 12.3. The molecule has 1 atom stereocenters. The van der Waals surface area contributed by atoms with Crippen molar-refractivity contribution in [1.29, 1.82) is 0 Å². The van der Waals surface area contributed by atoms with E-state index in [4.69, 9.17) is 0 Å². The van der Waals surface area contributed by atoms with Crippen LogP contribution in [0.1, 0.15) is 26.7 Å². The first-order valence-electron chi connectivity index (χ1n) is 7.02. The number of amides is 1. The summed E-state index contributed by atoms with van der Waals surface area (Å²) in [6, 6.07) is 0. The molecular weight excluding hydrogens is 344 g/mol. The van der Waals surface area contributed by atoms with Crippen LogP contribution in [0.3, 0.4) is 0 Å². The maximum Gasteiger partial charge on any atom is 0.230 e. The zero-order chi connectivity index (χ0) is 16.3. The van der Waals surface area contributed by atoms with Crippen molar-refractivity contribution >= 4 is 44.2 Å². The number of carbonyl (C=O) groups excluding carboxylic acids is 1. The summed E-state index contributed by atoms with van der Waals surface area (Å²) in [5.41, 5.74) is 0. The molecule has 22 heavy (non-hydrogen) atoms. The summed E-state index contributed by atoms with van der Waals surface area (Å²) in [4.78, 5) is 12.3. The minimum Gasteiger partial charge on any atom is -0.300 e. The highest BCUT2D eigenvalue weighted by atomic mass is 32.2. The Balaban J connectivity index is 1.95. The molecule has 0 unspecified atom stereocenters. The second-order valence-electron chi connectivity index (χ2n) is 5.49. The number of hydrogen-bond donors (Lipinski definition) is 1. The minimum atomic E-state index is -3.25. The van der Waals surface area contributed by atoms with Gasteiger partial charge < -0.3 is 5.32 Å². The van der Waals surface area contributed by atoms with Crippen molar-refractivity contribution in [2.24, 2.45) is 5.92 Å². The first kappa shape index (κ1) is 17.6. The molecule has 1 aromatic heterocycles. The van der Waals surface area contributed by atoms with Crippen molar-refractivity contribution in [3.63, 3.8) is 0 Å². The SMILES string of the molecule is CC(C)Sc1nnc(NC(=O)[C@H]2CCCN(S(C)(=O)=O)C2)s1. The molecule has 0 aliphatic carbocycles. The third kappa shape index (κ3) is 4.90. The predicted octanol–water partition coefficient (Wildman–Crippen LogP) is 1.65. The lowest BCUT2D eigenvalue weighted by molar-refractivity contribution is -0.120. The van der Waals surface area contributed by atoms with Gasteiger partial charge in [0.2, 0.25) is 21.1 Å². The lowest BCUT2D eigenvalue weighted by atomic mass is 9.99. The van der Waals surface area contributed by atoms with Gasteiger partial charge in [0, 0.05) is 18.3 Å². The standard InChI is InChI=1S/C12H20N4O3S3/c1-8(2)20-12-15-14-11(21-12)13-10(17)9-5-4-6-16(7-9)22(3,18)19/h8-9H,4-7H2,1-3H3,(H,13,14,17)/t9-/m0/s1. The van der Waals surface area contributed by atoms with Crippen LogP contribution in [0.25, 0.3) is 0 Å². The number of piperidine rings is 1. The molecule has 1 saturated heterocycles. The van der Waals surface area contributed by atoms with Crippen LogP contribution < -0.4 is 5.32 Å². The van der Waals surface area contributed by atoms with Gasteiger partial charge in [-0.2, -0.15) is 0 Å². The number of anilines is 1. The molecule has 1 amide bonds. The van der Waals surface area contributed by atoms with Crippen LogP contribution in [0.5, 0.6) is 0 Å². The summed E-state index contributed by atoms with van der Waals surface area (Å²) in [6.07, 6.45) is 2.55. The van der Waals surface area contributed by atoms with E-state index in [1.54, 1.807) is 11.8 Å². The van der Waals surface area contributed by atoms with Crippen molar-refractivity contribution < 1.29 is 13.2 Å². The number of hydrogen-bond acceptors (Lipinski definition) is 7. The van der Waals surface area contributed by atoms with Gasteiger partial charge in [0.1, 0.15) is 0 Å². The highest BCUT2D eigenvalue weighted by Crippen LogP contribution is 2.29. The molecule has 2 rings (SSSR count). The molecule has 2 heterocycles. The Hall–Kier alpha value is -0.710. The number of nitrogens with one attached hydrogen (secondary N) is 1. The molecule has 0 spiro atoms. The van der Waals surface area contributed by atoms with Crippen molar-refractivity contribution in [2.75, 3.05) is 24.7 Å². The molecule has 1 N–H and O–H groups in total. The highest BCUT2D eigenvalue weighted by molar-refractivity contribution is 8.01. The molecule has 124 valence electrons. The van der Waals surface area contributed by atoms with E-state index >= 15 is 0 Å². The fraction of sp³-hybridized carbons (Fsp3) is 0.750. The Labute approximate surface area is 138 Å². The fourth-order valence-corrected chi connectivity index (χ4v) is 5.06. The molecule has 1 aliphatic rings. The number of carbonyl (C=O) groups is 1. The van der Waals surface area contributed by atoms with E-state index in [0.29, 0.717) is 29.8 Å². The molecule has 0 radical (unpaired) electrons. The van der Waals surface area contributed by atoms with Gasteiger partial charge in [-0.3, -0.25) is 4.79 Å². The van der Waals surface area contributed by atoms with Gasteiger partial charge >= 0.3 is 0 Å². The van der Waals surface area contributed by atoms with Gasteiger partial charge in [-0.1, -0.05) is 36.9 Å². The lowest BCUT2D eigenvalue weighted by Gasteiger charge is -2.29. The predicted molar refractivity (Wildman–Crippen MR) is 88.7 cm³/mol. The number of nitrogens with zero attached hydrogens (tertiary/aromatic N) is 3. The Kier molecular flexibility index (Phi) is 5.81. The second-order valence-corrected chi connectivity index (χ2v) is 10.3. The van der Waals surface area contributed by atoms with Gasteiger partial charge in [-0.25, -0.2) is 12.7 Å². The van der Waals surface area contributed by atoms with Gasteiger partial charge in [0.25, 0.3) is 0 Å². The third-order valence-electron chi connectivity index (χ3n) is 3.20. The lowest BCUT2D eigenvalue weighted by Crippen LogP contribution is -2.43. The summed E-state index contributed by atoms with van der Waals surface area (Å²) in [5.74, 6) is -0.529. The Morgan fingerprint density at radius 2 is 2.18 bits per heavy atom. The van der Waals surface area contributed by atoms with E-state index in [0.717, 1.165) is 4.34 Å². The van der Waals surface area contributed by atoms with E-state index < -0.39 is 10.0 Å². The van der Waals surface area contributed by atoms with Gasteiger partial charge in [-0.05, 0) is 12.8 Å². The molecular formula is C12H20N4O3S3. The Morgan fingerprint density at radius 1 is 1.45 bits per heavy atom. The van der Waals surface area contributed by atoms with E-state index in [9.17, 15) is 13.2 Å². The van der Waals surface area contributed by atoms with E-state index in [-0.39, 0.29) is 18.4 Å². The van der Waals surface area contributed by atoms with Crippen molar-refractivity contribution in [1.82, 2.24) is 14.5 Å². The van der Waals surface area contributed by atoms with Crippen LogP contribution in [0.15, 0.2) is 4.34 Å². The number of thioether (sulfide) groups is 1. The van der Waals surface area contributed by atoms with Crippen LogP contribution in [-0.4, -0.2) is 53.4 Å². The molecule has 0 bridgehead atoms. The smallest absolute Gasteiger partial charge is 0.230 e. The normalized spacial score (nSPS) is 20.3. The van der Waals surface area contributed by atoms with Crippen LogP contribution in [0.4, 0.5) is 5.13 Å². The van der Waals surface area contributed by atoms with Crippen LogP contribution in [-0.2, 0) is 14.8 Å². The molecule has 1 aromatic rings. The summed E-state index contributed by atoms with van der Waals surface area (Å²) in [5, 5.41) is 11.6. The molecule has 1 aliphatic heterocycles. The summed E-state index contributed by atoms with van der Waals surface area (Å²) in [7, 11) is -3.25. The van der Waals surface area contributed by atoms with Gasteiger partial charge in [0.15, 0.2) is 4.34 Å².